The highest BCUT2D eigenvalue weighted by molar-refractivity contribution is 5.82. The Balaban J connectivity index is 2.25. The van der Waals surface area contributed by atoms with Crippen LogP contribution >= 0.6 is 0 Å². The highest BCUT2D eigenvalue weighted by Gasteiger charge is 2.29. The summed E-state index contributed by atoms with van der Waals surface area (Å²) < 4.78 is 13.2. The topological polar surface area (TPSA) is 55.1 Å². The van der Waals surface area contributed by atoms with Crippen LogP contribution in [0.4, 0.5) is 4.39 Å². The van der Waals surface area contributed by atoms with E-state index in [1.165, 1.54) is 12.1 Å². The van der Waals surface area contributed by atoms with Crippen molar-refractivity contribution >= 4 is 5.91 Å². The molecule has 92 valence electrons. The van der Waals surface area contributed by atoms with Crippen LogP contribution in [0.1, 0.15) is 30.7 Å². The van der Waals surface area contributed by atoms with E-state index in [0.717, 1.165) is 25.8 Å². The Bertz CT molecular complexity index is 402. The Kier molecular flexibility index (Phi) is 3.74. The lowest BCUT2D eigenvalue weighted by molar-refractivity contribution is -0.120. The molecule has 1 aliphatic rings. The number of primary amides is 1. The molecule has 0 spiro atoms. The number of nitrogens with one attached hydrogen (secondary N) is 1. The largest absolute Gasteiger partial charge is 0.369 e. The highest BCUT2D eigenvalue weighted by Crippen LogP contribution is 2.25. The second kappa shape index (κ2) is 5.27. The van der Waals surface area contributed by atoms with Crippen LogP contribution in [0.2, 0.25) is 0 Å². The standard InChI is InChI=1S/C13H17FN2O/c14-10-5-3-4-9(8-10)12(13(15)17)11-6-1-2-7-16-11/h3-5,8,11-12,16H,1-2,6-7H2,(H2,15,17)/t11-,12-/m1/s1. The second-order valence-electron chi connectivity index (χ2n) is 4.49. The van der Waals surface area contributed by atoms with Crippen molar-refractivity contribution in [3.8, 4) is 0 Å². The lowest BCUT2D eigenvalue weighted by Gasteiger charge is -2.29. The van der Waals surface area contributed by atoms with Crippen molar-refractivity contribution in [3.05, 3.63) is 35.6 Å². The summed E-state index contributed by atoms with van der Waals surface area (Å²) in [5.74, 6) is -1.16. The van der Waals surface area contributed by atoms with Crippen LogP contribution in [0.25, 0.3) is 0 Å². The number of hydrogen-bond acceptors (Lipinski definition) is 2. The molecule has 3 nitrogen and oxygen atoms in total. The number of amides is 1. The van der Waals surface area contributed by atoms with E-state index in [1.807, 2.05) is 0 Å². The third-order valence-corrected chi connectivity index (χ3v) is 3.27. The van der Waals surface area contributed by atoms with Crippen LogP contribution in [0.3, 0.4) is 0 Å². The lowest BCUT2D eigenvalue weighted by atomic mass is 9.86. The van der Waals surface area contributed by atoms with E-state index < -0.39 is 11.8 Å². The molecule has 2 atom stereocenters. The second-order valence-corrected chi connectivity index (χ2v) is 4.49. The SMILES string of the molecule is NC(=O)[C@H](c1cccc(F)c1)[C@H]1CCCCN1. The Labute approximate surface area is 100 Å². The molecule has 1 amide bonds. The van der Waals surface area contributed by atoms with Crippen molar-refractivity contribution in [2.75, 3.05) is 6.54 Å². The number of carbonyl (C=O) groups is 1. The number of carbonyl (C=O) groups excluding carboxylic acids is 1. The van der Waals surface area contributed by atoms with Gasteiger partial charge in [0, 0.05) is 6.04 Å². The molecule has 0 bridgehead atoms. The van der Waals surface area contributed by atoms with Gasteiger partial charge < -0.3 is 11.1 Å². The molecule has 17 heavy (non-hydrogen) atoms. The van der Waals surface area contributed by atoms with Crippen molar-refractivity contribution in [2.45, 2.75) is 31.2 Å². The molecular weight excluding hydrogens is 219 g/mol. The van der Waals surface area contributed by atoms with Crippen LogP contribution in [0.15, 0.2) is 24.3 Å². The van der Waals surface area contributed by atoms with Crippen molar-refractivity contribution in [2.24, 2.45) is 5.73 Å². The fraction of sp³-hybridized carbons (Fsp3) is 0.462. The van der Waals surface area contributed by atoms with Crippen LogP contribution in [0, 0.1) is 5.82 Å². The molecule has 1 aliphatic heterocycles. The van der Waals surface area contributed by atoms with Gasteiger partial charge in [-0.2, -0.15) is 0 Å². The van der Waals surface area contributed by atoms with Crippen LogP contribution in [-0.2, 0) is 4.79 Å². The third kappa shape index (κ3) is 2.82. The van der Waals surface area contributed by atoms with Gasteiger partial charge in [0.2, 0.25) is 5.91 Å². The maximum atomic E-state index is 13.2. The first-order chi connectivity index (χ1) is 8.18. The van der Waals surface area contributed by atoms with E-state index in [1.54, 1.807) is 12.1 Å². The monoisotopic (exact) mass is 236 g/mol. The molecule has 1 fully saturated rings. The summed E-state index contributed by atoms with van der Waals surface area (Å²) in [4.78, 5) is 11.6. The summed E-state index contributed by atoms with van der Waals surface area (Å²) in [5, 5.41) is 3.30. The third-order valence-electron chi connectivity index (χ3n) is 3.27. The zero-order valence-electron chi connectivity index (χ0n) is 9.66. The molecule has 1 aromatic rings. The molecule has 0 unspecified atom stereocenters. The van der Waals surface area contributed by atoms with Gasteiger partial charge in [0.1, 0.15) is 5.82 Å². The molecule has 4 heteroatoms. The Morgan fingerprint density at radius 2 is 2.29 bits per heavy atom. The van der Waals surface area contributed by atoms with E-state index in [9.17, 15) is 9.18 Å². The number of piperidine rings is 1. The van der Waals surface area contributed by atoms with Gasteiger partial charge in [0.25, 0.3) is 0 Å². The molecule has 0 aliphatic carbocycles. The molecule has 0 radical (unpaired) electrons. The minimum atomic E-state index is -0.439. The van der Waals surface area contributed by atoms with Crippen molar-refractivity contribution in [3.63, 3.8) is 0 Å². The van der Waals surface area contributed by atoms with Crippen LogP contribution in [-0.4, -0.2) is 18.5 Å². The van der Waals surface area contributed by atoms with Crippen LogP contribution < -0.4 is 11.1 Å². The molecule has 1 heterocycles. The molecule has 2 rings (SSSR count). The summed E-state index contributed by atoms with van der Waals surface area (Å²) in [6, 6.07) is 6.17. The number of benzene rings is 1. The summed E-state index contributed by atoms with van der Waals surface area (Å²) in [6.07, 6.45) is 3.10. The maximum Gasteiger partial charge on any atom is 0.226 e. The van der Waals surface area contributed by atoms with E-state index in [-0.39, 0.29) is 11.9 Å². The minimum Gasteiger partial charge on any atom is -0.369 e. The lowest BCUT2D eigenvalue weighted by Crippen LogP contribution is -2.43. The number of rotatable bonds is 3. The Morgan fingerprint density at radius 1 is 1.47 bits per heavy atom. The fourth-order valence-corrected chi connectivity index (χ4v) is 2.46. The summed E-state index contributed by atoms with van der Waals surface area (Å²) >= 11 is 0. The van der Waals surface area contributed by atoms with E-state index in [4.69, 9.17) is 5.73 Å². The van der Waals surface area contributed by atoms with Crippen molar-refractivity contribution in [1.29, 1.82) is 0 Å². The number of halogens is 1. The van der Waals surface area contributed by atoms with Gasteiger partial charge in [-0.1, -0.05) is 18.6 Å². The molecule has 1 saturated heterocycles. The van der Waals surface area contributed by atoms with Gasteiger partial charge in [-0.3, -0.25) is 4.79 Å². The quantitative estimate of drug-likeness (QED) is 0.836. The highest BCUT2D eigenvalue weighted by atomic mass is 19.1. The first-order valence-corrected chi connectivity index (χ1v) is 5.96. The van der Waals surface area contributed by atoms with Crippen molar-refractivity contribution < 1.29 is 9.18 Å². The number of nitrogens with two attached hydrogens (primary N) is 1. The van der Waals surface area contributed by atoms with Crippen LogP contribution in [0.5, 0.6) is 0 Å². The number of hydrogen-bond donors (Lipinski definition) is 2. The zero-order chi connectivity index (χ0) is 12.3. The molecule has 1 aromatic carbocycles. The summed E-state index contributed by atoms with van der Waals surface area (Å²) in [5.41, 5.74) is 6.11. The smallest absolute Gasteiger partial charge is 0.226 e. The first kappa shape index (κ1) is 12.0. The predicted molar refractivity (Wildman–Crippen MR) is 64.0 cm³/mol. The summed E-state index contributed by atoms with van der Waals surface area (Å²) in [7, 11) is 0. The average molecular weight is 236 g/mol. The Morgan fingerprint density at radius 3 is 2.88 bits per heavy atom. The Hall–Kier alpha value is -1.42. The first-order valence-electron chi connectivity index (χ1n) is 5.96. The molecule has 0 saturated carbocycles. The van der Waals surface area contributed by atoms with Gasteiger partial charge >= 0.3 is 0 Å². The fourth-order valence-electron chi connectivity index (χ4n) is 2.46. The van der Waals surface area contributed by atoms with E-state index >= 15 is 0 Å². The van der Waals surface area contributed by atoms with E-state index in [2.05, 4.69) is 5.32 Å². The average Bonchev–Trinajstić information content (AvgIpc) is 2.30. The van der Waals surface area contributed by atoms with Gasteiger partial charge in [0.05, 0.1) is 5.92 Å². The maximum absolute atomic E-state index is 13.2. The zero-order valence-corrected chi connectivity index (χ0v) is 9.66. The van der Waals surface area contributed by atoms with Gasteiger partial charge in [-0.15, -0.1) is 0 Å². The minimum absolute atomic E-state index is 0.0306. The van der Waals surface area contributed by atoms with Gasteiger partial charge in [0.15, 0.2) is 0 Å². The predicted octanol–water partition coefficient (Wildman–Crippen LogP) is 1.54. The normalized spacial score (nSPS) is 22.1. The molecular formula is C13H17FN2O. The summed E-state index contributed by atoms with van der Waals surface area (Å²) in [6.45, 7) is 0.893. The van der Waals surface area contributed by atoms with Gasteiger partial charge in [-0.25, -0.2) is 4.39 Å². The van der Waals surface area contributed by atoms with Gasteiger partial charge in [-0.05, 0) is 37.1 Å². The molecule has 0 aromatic heterocycles. The molecule has 3 N–H and O–H groups in total. The van der Waals surface area contributed by atoms with E-state index in [0.29, 0.717) is 5.56 Å². The van der Waals surface area contributed by atoms with Crippen molar-refractivity contribution in [1.82, 2.24) is 5.32 Å².